The first-order valence-electron chi connectivity index (χ1n) is 10.3. The molecule has 0 aliphatic rings. The van der Waals surface area contributed by atoms with Crippen LogP contribution in [0.2, 0.25) is 0 Å². The van der Waals surface area contributed by atoms with Crippen LogP contribution in [0.3, 0.4) is 0 Å². The van der Waals surface area contributed by atoms with Gasteiger partial charge in [-0.05, 0) is 25.0 Å². The summed E-state index contributed by atoms with van der Waals surface area (Å²) < 4.78 is 0. The van der Waals surface area contributed by atoms with E-state index in [1.165, 1.54) is 6.92 Å². The normalized spacial score (nSPS) is 14.4. The molecule has 34 heavy (non-hydrogen) atoms. The average Bonchev–Trinajstić information content (AvgIpc) is 3.18. The Morgan fingerprint density at radius 3 is 2.24 bits per heavy atom. The molecule has 4 unspecified atom stereocenters. The molecule has 0 aliphatic heterocycles. The Morgan fingerprint density at radius 1 is 0.971 bits per heavy atom. The predicted octanol–water partition coefficient (Wildman–Crippen LogP) is -1.94. The maximum Gasteiger partial charge on any atom is 0.328 e. The summed E-state index contributed by atoms with van der Waals surface area (Å²) in [4.78, 5) is 62.3. The molecule has 13 heteroatoms. The van der Waals surface area contributed by atoms with E-state index in [9.17, 15) is 24.0 Å². The van der Waals surface area contributed by atoms with Crippen molar-refractivity contribution in [3.05, 3.63) is 36.0 Å². The van der Waals surface area contributed by atoms with Gasteiger partial charge in [0.2, 0.25) is 17.7 Å². The Balaban J connectivity index is 1.98. The molecule has 3 amide bonds. The zero-order valence-corrected chi connectivity index (χ0v) is 18.3. The fourth-order valence-corrected chi connectivity index (χ4v) is 3.15. The number of nitrogens with two attached hydrogens (primary N) is 1. The highest BCUT2D eigenvalue weighted by molar-refractivity contribution is 5.95. The number of aliphatic hydroxyl groups excluding tert-OH is 1. The van der Waals surface area contributed by atoms with E-state index in [0.717, 1.165) is 16.5 Å². The molecule has 0 saturated heterocycles. The van der Waals surface area contributed by atoms with Crippen LogP contribution in [-0.2, 0) is 30.4 Å². The van der Waals surface area contributed by atoms with Crippen LogP contribution in [-0.4, -0.2) is 80.7 Å². The first-order chi connectivity index (χ1) is 16.0. The lowest BCUT2D eigenvalue weighted by Gasteiger charge is -2.22. The van der Waals surface area contributed by atoms with Crippen LogP contribution in [0.15, 0.2) is 30.5 Å². The molecule has 0 fully saturated rings. The van der Waals surface area contributed by atoms with Gasteiger partial charge in [0.05, 0.1) is 19.1 Å². The number of amides is 3. The van der Waals surface area contributed by atoms with Crippen molar-refractivity contribution < 1.29 is 39.3 Å². The molecule has 13 nitrogen and oxygen atoms in total. The molecule has 184 valence electrons. The third-order valence-electron chi connectivity index (χ3n) is 5.01. The minimum Gasteiger partial charge on any atom is -0.481 e. The van der Waals surface area contributed by atoms with Gasteiger partial charge < -0.3 is 42.0 Å². The minimum absolute atomic E-state index is 0.186. The summed E-state index contributed by atoms with van der Waals surface area (Å²) in [6.45, 7) is 0.380. The van der Waals surface area contributed by atoms with Gasteiger partial charge in [0, 0.05) is 17.1 Å². The van der Waals surface area contributed by atoms with E-state index < -0.39 is 66.9 Å². The van der Waals surface area contributed by atoms with Gasteiger partial charge in [-0.2, -0.15) is 0 Å². The number of carbonyl (C=O) groups is 5. The smallest absolute Gasteiger partial charge is 0.328 e. The standard InChI is InChI=1S/C21H27N5O8/c1-10(18(30)25-15(7-17(28)29)20(32)26-16(9-27)21(33)34)24-19(31)13(22)6-11-8-23-14-5-3-2-4-12(11)14/h2-5,8,10,13,15-16,23,27H,6-7,9,22H2,1H3,(H,24,31)(H,25,30)(H,26,32)(H,28,29)(H,33,34). The first-order valence-corrected chi connectivity index (χ1v) is 10.3. The van der Waals surface area contributed by atoms with Crippen LogP contribution in [0, 0.1) is 0 Å². The van der Waals surface area contributed by atoms with Crippen molar-refractivity contribution in [2.24, 2.45) is 5.73 Å². The number of fused-ring (bicyclic) bond motifs is 1. The van der Waals surface area contributed by atoms with Crippen molar-refractivity contribution in [3.8, 4) is 0 Å². The fraction of sp³-hybridized carbons (Fsp3) is 0.381. The maximum absolute atomic E-state index is 12.5. The lowest BCUT2D eigenvalue weighted by Crippen LogP contribution is -2.57. The number of aromatic amines is 1. The van der Waals surface area contributed by atoms with Gasteiger partial charge in [0.1, 0.15) is 18.1 Å². The van der Waals surface area contributed by atoms with E-state index >= 15 is 0 Å². The molecule has 1 aromatic carbocycles. The number of H-pyrrole nitrogens is 1. The highest BCUT2D eigenvalue weighted by Gasteiger charge is 2.30. The van der Waals surface area contributed by atoms with E-state index in [0.29, 0.717) is 0 Å². The van der Waals surface area contributed by atoms with Crippen molar-refractivity contribution in [3.63, 3.8) is 0 Å². The molecule has 1 aromatic heterocycles. The summed E-state index contributed by atoms with van der Waals surface area (Å²) in [5.41, 5.74) is 7.67. The van der Waals surface area contributed by atoms with E-state index in [-0.39, 0.29) is 6.42 Å². The Kier molecular flexibility index (Phi) is 9.10. The number of aliphatic carboxylic acids is 2. The molecule has 0 aliphatic carbocycles. The highest BCUT2D eigenvalue weighted by atomic mass is 16.4. The van der Waals surface area contributed by atoms with Gasteiger partial charge in [0.15, 0.2) is 0 Å². The van der Waals surface area contributed by atoms with E-state index in [2.05, 4.69) is 15.6 Å². The second kappa shape index (κ2) is 11.8. The highest BCUT2D eigenvalue weighted by Crippen LogP contribution is 2.18. The number of aromatic nitrogens is 1. The van der Waals surface area contributed by atoms with Crippen LogP contribution in [0.1, 0.15) is 18.9 Å². The lowest BCUT2D eigenvalue weighted by atomic mass is 10.0. The van der Waals surface area contributed by atoms with E-state index in [4.69, 9.17) is 21.1 Å². The topological polar surface area (TPSA) is 224 Å². The van der Waals surface area contributed by atoms with Gasteiger partial charge in [-0.3, -0.25) is 19.2 Å². The number of benzene rings is 1. The Labute approximate surface area is 193 Å². The number of carboxylic acids is 2. The van der Waals surface area contributed by atoms with Gasteiger partial charge in [-0.1, -0.05) is 18.2 Å². The lowest BCUT2D eigenvalue weighted by molar-refractivity contribution is -0.144. The number of carboxylic acid groups (broad SMARTS) is 2. The number of hydrogen-bond acceptors (Lipinski definition) is 7. The van der Waals surface area contributed by atoms with Crippen LogP contribution in [0.4, 0.5) is 0 Å². The first kappa shape index (κ1) is 26.3. The Bertz CT molecular complexity index is 1070. The minimum atomic E-state index is -1.68. The van der Waals surface area contributed by atoms with Crippen LogP contribution >= 0.6 is 0 Å². The summed E-state index contributed by atoms with van der Waals surface area (Å²) in [6.07, 6.45) is 1.07. The van der Waals surface area contributed by atoms with Crippen molar-refractivity contribution >= 4 is 40.6 Å². The van der Waals surface area contributed by atoms with Crippen LogP contribution in [0.25, 0.3) is 10.9 Å². The molecule has 0 spiro atoms. The quantitative estimate of drug-likeness (QED) is 0.170. The molecule has 4 atom stereocenters. The second-order valence-corrected chi connectivity index (χ2v) is 7.64. The van der Waals surface area contributed by atoms with Gasteiger partial charge >= 0.3 is 11.9 Å². The monoisotopic (exact) mass is 477 g/mol. The molecular formula is C21H27N5O8. The summed E-state index contributed by atoms with van der Waals surface area (Å²) in [5, 5.41) is 34.4. The summed E-state index contributed by atoms with van der Waals surface area (Å²) in [6, 6.07) is 1.96. The summed E-state index contributed by atoms with van der Waals surface area (Å²) in [7, 11) is 0. The van der Waals surface area contributed by atoms with Gasteiger partial charge in [-0.15, -0.1) is 0 Å². The predicted molar refractivity (Wildman–Crippen MR) is 118 cm³/mol. The molecule has 2 rings (SSSR count). The van der Waals surface area contributed by atoms with Crippen molar-refractivity contribution in [1.29, 1.82) is 0 Å². The number of para-hydroxylation sites is 1. The number of carbonyl (C=O) groups excluding carboxylic acids is 3. The Morgan fingerprint density at radius 2 is 1.62 bits per heavy atom. The van der Waals surface area contributed by atoms with Crippen molar-refractivity contribution in [2.45, 2.75) is 43.9 Å². The molecular weight excluding hydrogens is 450 g/mol. The van der Waals surface area contributed by atoms with Crippen LogP contribution < -0.4 is 21.7 Å². The van der Waals surface area contributed by atoms with E-state index in [1.54, 1.807) is 6.20 Å². The van der Waals surface area contributed by atoms with Crippen LogP contribution in [0.5, 0.6) is 0 Å². The number of hydrogen-bond donors (Lipinski definition) is 8. The van der Waals surface area contributed by atoms with Gasteiger partial charge in [-0.25, -0.2) is 4.79 Å². The summed E-state index contributed by atoms with van der Waals surface area (Å²) >= 11 is 0. The fourth-order valence-electron chi connectivity index (χ4n) is 3.15. The number of nitrogens with one attached hydrogen (secondary N) is 4. The Hall–Kier alpha value is -3.97. The molecule has 0 saturated carbocycles. The third kappa shape index (κ3) is 7.02. The zero-order valence-electron chi connectivity index (χ0n) is 18.3. The summed E-state index contributed by atoms with van der Waals surface area (Å²) in [5.74, 6) is -5.62. The molecule has 9 N–H and O–H groups in total. The third-order valence-corrected chi connectivity index (χ3v) is 5.01. The maximum atomic E-state index is 12.5. The molecule has 1 heterocycles. The zero-order chi connectivity index (χ0) is 25.4. The number of aliphatic hydroxyl groups is 1. The van der Waals surface area contributed by atoms with Crippen molar-refractivity contribution in [2.75, 3.05) is 6.61 Å². The largest absolute Gasteiger partial charge is 0.481 e. The number of rotatable bonds is 12. The molecule has 2 aromatic rings. The molecule has 0 bridgehead atoms. The molecule has 0 radical (unpaired) electrons. The van der Waals surface area contributed by atoms with Crippen molar-refractivity contribution in [1.82, 2.24) is 20.9 Å². The SMILES string of the molecule is CC(NC(=O)C(N)Cc1c[nH]c2ccccc12)C(=O)NC(CC(=O)O)C(=O)NC(CO)C(=O)O. The average molecular weight is 477 g/mol. The van der Waals surface area contributed by atoms with Gasteiger partial charge in [0.25, 0.3) is 0 Å². The van der Waals surface area contributed by atoms with E-state index in [1.807, 2.05) is 29.6 Å². The second-order valence-electron chi connectivity index (χ2n) is 7.64.